The number of urea groups is 1. The average molecular weight is 486 g/mol. The lowest BCUT2D eigenvalue weighted by molar-refractivity contribution is -0.134. The van der Waals surface area contributed by atoms with Gasteiger partial charge in [-0.1, -0.05) is 26.0 Å². The molecule has 2 fully saturated rings. The number of rotatable bonds is 8. The number of nitrogens with one attached hydrogen (secondary N) is 2. The highest BCUT2D eigenvalue weighted by Gasteiger charge is 2.56. The molecule has 0 saturated carbocycles. The van der Waals surface area contributed by atoms with Crippen LogP contribution >= 0.6 is 0 Å². The minimum atomic E-state index is -1.20. The maximum atomic E-state index is 13.9. The molecule has 2 saturated heterocycles. The number of piperidine rings is 1. The largest absolute Gasteiger partial charge is 0.383 e. The number of methoxy groups -OCH3 is 1. The van der Waals surface area contributed by atoms with Gasteiger partial charge < -0.3 is 15.0 Å². The maximum Gasteiger partial charge on any atom is 0.325 e. The van der Waals surface area contributed by atoms with Crippen molar-refractivity contribution in [2.24, 2.45) is 5.92 Å². The third kappa shape index (κ3) is 4.93. The first-order valence-corrected chi connectivity index (χ1v) is 12.0. The molecule has 188 valence electrons. The van der Waals surface area contributed by atoms with Crippen LogP contribution in [0.15, 0.2) is 30.3 Å². The number of imide groups is 1. The van der Waals surface area contributed by atoms with Crippen molar-refractivity contribution in [2.45, 2.75) is 44.6 Å². The Morgan fingerprint density at radius 2 is 2.00 bits per heavy atom. The number of ether oxygens (including phenoxy) is 1. The van der Waals surface area contributed by atoms with Gasteiger partial charge in [-0.05, 0) is 48.4 Å². The monoisotopic (exact) mass is 485 g/mol. The van der Waals surface area contributed by atoms with E-state index in [9.17, 15) is 18.8 Å². The molecule has 1 atom stereocenters. The van der Waals surface area contributed by atoms with Crippen LogP contribution in [0.3, 0.4) is 0 Å². The second-order valence-corrected chi connectivity index (χ2v) is 9.59. The summed E-state index contributed by atoms with van der Waals surface area (Å²) in [7, 11) is 1.51. The molecule has 9 nitrogen and oxygen atoms in total. The highest BCUT2D eigenvalue weighted by Crippen LogP contribution is 2.37. The molecule has 2 aliphatic heterocycles. The van der Waals surface area contributed by atoms with Gasteiger partial charge in [0.1, 0.15) is 17.1 Å². The molecule has 3 heterocycles. The Kier molecular flexibility index (Phi) is 7.20. The fourth-order valence-corrected chi connectivity index (χ4v) is 5.02. The summed E-state index contributed by atoms with van der Waals surface area (Å²) in [5.41, 5.74) is 0.694. The zero-order valence-corrected chi connectivity index (χ0v) is 20.3. The Hall–Kier alpha value is -3.27. The van der Waals surface area contributed by atoms with E-state index >= 15 is 0 Å². The van der Waals surface area contributed by atoms with E-state index in [4.69, 9.17) is 4.74 Å². The predicted octanol–water partition coefficient (Wildman–Crippen LogP) is 2.70. The molecule has 10 heteroatoms. The van der Waals surface area contributed by atoms with Gasteiger partial charge in [0.2, 0.25) is 0 Å². The zero-order valence-electron chi connectivity index (χ0n) is 20.3. The highest BCUT2D eigenvalue weighted by molar-refractivity contribution is 6.07. The standard InChI is InChI=1S/C25H32FN5O4/c1-16(2)20-14-21(29-28-20)22(32)30-9-7-18(8-10-30)25(15-17-5-4-6-19(26)13-17)23(33)31(11-12-35-3)24(34)27-25/h4-6,13-14,16,18H,7-12,15H2,1-3H3,(H,27,34)(H,28,29). The topological polar surface area (TPSA) is 108 Å². The molecule has 4 amide bonds. The van der Waals surface area contributed by atoms with Gasteiger partial charge in [0, 0.05) is 32.3 Å². The fraction of sp³-hybridized carbons (Fsp3) is 0.520. The summed E-state index contributed by atoms with van der Waals surface area (Å²) in [5.74, 6) is -0.873. The second-order valence-electron chi connectivity index (χ2n) is 9.59. The number of aromatic nitrogens is 2. The number of halogens is 1. The molecule has 1 unspecified atom stereocenters. The van der Waals surface area contributed by atoms with Crippen LogP contribution in [0.4, 0.5) is 9.18 Å². The molecular weight excluding hydrogens is 453 g/mol. The average Bonchev–Trinajstić information content (AvgIpc) is 3.42. The number of H-pyrrole nitrogens is 1. The lowest BCUT2D eigenvalue weighted by Crippen LogP contribution is -2.58. The molecule has 0 spiro atoms. The number of hydrogen-bond donors (Lipinski definition) is 2. The molecule has 0 bridgehead atoms. The highest BCUT2D eigenvalue weighted by atomic mass is 19.1. The summed E-state index contributed by atoms with van der Waals surface area (Å²) in [5, 5.41) is 10.0. The quantitative estimate of drug-likeness (QED) is 0.559. The molecule has 0 aliphatic carbocycles. The van der Waals surface area contributed by atoms with E-state index in [0.717, 1.165) is 5.69 Å². The van der Waals surface area contributed by atoms with E-state index in [1.165, 1.54) is 24.1 Å². The van der Waals surface area contributed by atoms with E-state index in [0.29, 0.717) is 37.2 Å². The van der Waals surface area contributed by atoms with E-state index in [1.807, 2.05) is 13.8 Å². The Balaban J connectivity index is 1.54. The summed E-state index contributed by atoms with van der Waals surface area (Å²) in [4.78, 5) is 42.4. The maximum absolute atomic E-state index is 13.9. The van der Waals surface area contributed by atoms with Crippen molar-refractivity contribution in [2.75, 3.05) is 33.4 Å². The van der Waals surface area contributed by atoms with Gasteiger partial charge in [-0.25, -0.2) is 9.18 Å². The van der Waals surface area contributed by atoms with Crippen LogP contribution in [-0.2, 0) is 16.0 Å². The molecule has 4 rings (SSSR count). The summed E-state index contributed by atoms with van der Waals surface area (Å²) in [6.45, 7) is 5.27. The molecule has 35 heavy (non-hydrogen) atoms. The molecule has 2 N–H and O–H groups in total. The predicted molar refractivity (Wildman–Crippen MR) is 126 cm³/mol. The number of likely N-dealkylation sites (tertiary alicyclic amines) is 1. The number of carbonyl (C=O) groups is 3. The van der Waals surface area contributed by atoms with Gasteiger partial charge in [0.25, 0.3) is 11.8 Å². The summed E-state index contributed by atoms with van der Waals surface area (Å²) in [6.07, 6.45) is 1.22. The number of amides is 4. The van der Waals surface area contributed by atoms with Gasteiger partial charge in [-0.15, -0.1) is 0 Å². The van der Waals surface area contributed by atoms with Crippen LogP contribution in [0.1, 0.15) is 54.4 Å². The number of benzene rings is 1. The lowest BCUT2D eigenvalue weighted by Gasteiger charge is -2.41. The number of nitrogens with zero attached hydrogens (tertiary/aromatic N) is 3. The molecule has 0 radical (unpaired) electrons. The van der Waals surface area contributed by atoms with Crippen LogP contribution in [0, 0.1) is 11.7 Å². The minimum Gasteiger partial charge on any atom is -0.383 e. The number of hydrogen-bond acceptors (Lipinski definition) is 5. The van der Waals surface area contributed by atoms with Gasteiger partial charge in [0.05, 0.1) is 13.2 Å². The van der Waals surface area contributed by atoms with Crippen molar-refractivity contribution in [3.8, 4) is 0 Å². The lowest BCUT2D eigenvalue weighted by atomic mass is 9.74. The Morgan fingerprint density at radius 3 is 2.63 bits per heavy atom. The van der Waals surface area contributed by atoms with Crippen LogP contribution in [0.5, 0.6) is 0 Å². The number of aromatic amines is 1. The minimum absolute atomic E-state index is 0.140. The van der Waals surface area contributed by atoms with Crippen LogP contribution < -0.4 is 5.32 Å². The third-order valence-corrected chi connectivity index (χ3v) is 7.01. The number of carbonyl (C=O) groups excluding carboxylic acids is 3. The fourth-order valence-electron chi connectivity index (χ4n) is 5.02. The van der Waals surface area contributed by atoms with Crippen molar-refractivity contribution in [3.63, 3.8) is 0 Å². The molecule has 1 aromatic heterocycles. The van der Waals surface area contributed by atoms with Crippen molar-refractivity contribution in [1.82, 2.24) is 25.3 Å². The Bertz CT molecular complexity index is 1100. The van der Waals surface area contributed by atoms with Crippen LogP contribution in [-0.4, -0.2) is 76.7 Å². The van der Waals surface area contributed by atoms with Crippen molar-refractivity contribution >= 4 is 17.8 Å². The second kappa shape index (κ2) is 10.2. The normalized spacial score (nSPS) is 21.2. The van der Waals surface area contributed by atoms with Gasteiger partial charge in [-0.2, -0.15) is 5.10 Å². The first-order chi connectivity index (χ1) is 16.7. The van der Waals surface area contributed by atoms with E-state index in [2.05, 4.69) is 15.5 Å². The molecule has 1 aromatic carbocycles. The summed E-state index contributed by atoms with van der Waals surface area (Å²) >= 11 is 0. The Morgan fingerprint density at radius 1 is 1.26 bits per heavy atom. The smallest absolute Gasteiger partial charge is 0.325 e. The van der Waals surface area contributed by atoms with Gasteiger partial charge in [-0.3, -0.25) is 19.6 Å². The molecule has 2 aliphatic rings. The molecule has 2 aromatic rings. The van der Waals surface area contributed by atoms with Gasteiger partial charge in [0.15, 0.2) is 0 Å². The van der Waals surface area contributed by atoms with Crippen LogP contribution in [0.2, 0.25) is 0 Å². The third-order valence-electron chi connectivity index (χ3n) is 7.01. The molecular formula is C25H32FN5O4. The van der Waals surface area contributed by atoms with Crippen LogP contribution in [0.25, 0.3) is 0 Å². The zero-order chi connectivity index (χ0) is 25.2. The van der Waals surface area contributed by atoms with Crippen molar-refractivity contribution in [3.05, 3.63) is 53.1 Å². The SMILES string of the molecule is COCCN1C(=O)NC(Cc2cccc(F)c2)(C2CCN(C(=O)c3cc(C(C)C)[nH]n3)CC2)C1=O. The van der Waals surface area contributed by atoms with E-state index in [-0.39, 0.29) is 43.2 Å². The summed E-state index contributed by atoms with van der Waals surface area (Å²) in [6, 6.07) is 7.39. The summed E-state index contributed by atoms with van der Waals surface area (Å²) < 4.78 is 19.0. The Labute approximate surface area is 204 Å². The van der Waals surface area contributed by atoms with Crippen molar-refractivity contribution in [1.29, 1.82) is 0 Å². The first-order valence-electron chi connectivity index (χ1n) is 12.0. The van der Waals surface area contributed by atoms with Gasteiger partial charge >= 0.3 is 6.03 Å². The van der Waals surface area contributed by atoms with Crippen molar-refractivity contribution < 1.29 is 23.5 Å². The first kappa shape index (κ1) is 24.8. The van der Waals surface area contributed by atoms with E-state index in [1.54, 1.807) is 23.1 Å². The van der Waals surface area contributed by atoms with E-state index < -0.39 is 17.4 Å².